The summed E-state index contributed by atoms with van der Waals surface area (Å²) in [5.74, 6) is 0.776. The smallest absolute Gasteiger partial charge is 0.497 e. The van der Waals surface area contributed by atoms with Gasteiger partial charge in [0.1, 0.15) is 5.75 Å². The van der Waals surface area contributed by atoms with Crippen LogP contribution in [0.5, 0.6) is 5.75 Å². The summed E-state index contributed by atoms with van der Waals surface area (Å²) in [6, 6.07) is 5.82. The first-order chi connectivity index (χ1) is 7.61. The lowest BCUT2D eigenvalue weighted by Crippen LogP contribution is -2.54. The molecule has 0 aliphatic carbocycles. The number of aryl methyl sites for hydroxylation is 1. The Bertz CT molecular complexity index is 342. The Morgan fingerprint density at radius 1 is 0.875 bits per heavy atom. The summed E-state index contributed by atoms with van der Waals surface area (Å²) in [5, 5.41) is 0.900. The lowest BCUT2D eigenvalue weighted by molar-refractivity contribution is 0.140. The van der Waals surface area contributed by atoms with E-state index in [9.17, 15) is 0 Å². The molecule has 0 amide bonds. The summed E-state index contributed by atoms with van der Waals surface area (Å²) in [7, 11) is 3.65. The minimum absolute atomic E-state index is 0.776. The third kappa shape index (κ3) is 2.44. The second kappa shape index (κ2) is 5.45. The largest absolute Gasteiger partial charge is 0.536 e. The molecule has 0 aliphatic rings. The van der Waals surface area contributed by atoms with Gasteiger partial charge in [-0.05, 0) is 24.6 Å². The molecule has 90 valence electrons. The van der Waals surface area contributed by atoms with E-state index in [4.69, 9.17) is 18.0 Å². The van der Waals surface area contributed by atoms with Crippen molar-refractivity contribution < 1.29 is 18.0 Å². The molecule has 0 bridgehead atoms. The van der Waals surface area contributed by atoms with Gasteiger partial charge in [0, 0.05) is 26.5 Å². The molecule has 0 aromatic heterocycles. The van der Waals surface area contributed by atoms with Crippen LogP contribution >= 0.6 is 0 Å². The highest BCUT2D eigenvalue weighted by Gasteiger charge is 2.41. The van der Waals surface area contributed by atoms with Gasteiger partial charge in [0.2, 0.25) is 0 Å². The van der Waals surface area contributed by atoms with E-state index in [0.29, 0.717) is 0 Å². The Labute approximate surface area is 97.5 Å². The maximum absolute atomic E-state index is 5.42. The highest BCUT2D eigenvalue weighted by atomic mass is 28.4. The molecule has 0 saturated carbocycles. The monoisotopic (exact) mass is 242 g/mol. The Morgan fingerprint density at radius 3 is 1.88 bits per heavy atom. The summed E-state index contributed by atoms with van der Waals surface area (Å²) >= 11 is 0. The van der Waals surface area contributed by atoms with Gasteiger partial charge in [0.15, 0.2) is 0 Å². The Kier molecular flexibility index (Phi) is 4.49. The Morgan fingerprint density at radius 2 is 1.44 bits per heavy atom. The summed E-state index contributed by atoms with van der Waals surface area (Å²) in [4.78, 5) is 0. The average molecular weight is 242 g/mol. The van der Waals surface area contributed by atoms with Gasteiger partial charge in [-0.1, -0.05) is 6.07 Å². The zero-order valence-electron chi connectivity index (χ0n) is 10.4. The van der Waals surface area contributed by atoms with Crippen LogP contribution in [-0.2, 0) is 13.3 Å². The topological polar surface area (TPSA) is 36.9 Å². The predicted octanol–water partition coefficient (Wildman–Crippen LogP) is 1.09. The molecule has 0 aliphatic heterocycles. The van der Waals surface area contributed by atoms with Crippen molar-refractivity contribution in [2.75, 3.05) is 28.4 Å². The second-order valence-corrected chi connectivity index (χ2v) is 6.32. The quantitative estimate of drug-likeness (QED) is 0.724. The average Bonchev–Trinajstić information content (AvgIpc) is 2.31. The van der Waals surface area contributed by atoms with E-state index < -0.39 is 8.80 Å². The number of methoxy groups -OCH3 is 1. The van der Waals surface area contributed by atoms with E-state index in [1.807, 2.05) is 25.1 Å². The second-order valence-electron chi connectivity index (χ2n) is 3.41. The van der Waals surface area contributed by atoms with E-state index >= 15 is 0 Å². The predicted molar refractivity (Wildman–Crippen MR) is 64.1 cm³/mol. The lowest BCUT2D eigenvalue weighted by atomic mass is 10.2. The summed E-state index contributed by atoms with van der Waals surface area (Å²) in [6.45, 7) is 1.99. The molecule has 1 aromatic carbocycles. The number of hydrogen-bond acceptors (Lipinski definition) is 4. The van der Waals surface area contributed by atoms with Gasteiger partial charge in [-0.3, -0.25) is 0 Å². The molecule has 16 heavy (non-hydrogen) atoms. The van der Waals surface area contributed by atoms with E-state index in [0.717, 1.165) is 16.5 Å². The van der Waals surface area contributed by atoms with Gasteiger partial charge in [0.25, 0.3) is 0 Å². The normalized spacial score (nSPS) is 11.6. The van der Waals surface area contributed by atoms with Gasteiger partial charge < -0.3 is 18.0 Å². The molecule has 0 heterocycles. The van der Waals surface area contributed by atoms with E-state index in [-0.39, 0.29) is 0 Å². The first-order valence-electron chi connectivity index (χ1n) is 4.93. The highest BCUT2D eigenvalue weighted by Crippen LogP contribution is 2.15. The van der Waals surface area contributed by atoms with Gasteiger partial charge in [-0.2, -0.15) is 0 Å². The SMILES string of the molecule is COc1cc(C)cc([Si](OC)(OC)OC)c1. The first-order valence-corrected chi connectivity index (χ1v) is 6.66. The van der Waals surface area contributed by atoms with Crippen LogP contribution in [0.4, 0.5) is 0 Å². The van der Waals surface area contributed by atoms with Crippen LogP contribution in [-0.4, -0.2) is 37.2 Å². The van der Waals surface area contributed by atoms with Gasteiger partial charge in [0.05, 0.1) is 7.11 Å². The number of hydrogen-bond donors (Lipinski definition) is 0. The van der Waals surface area contributed by atoms with Crippen molar-refractivity contribution in [1.29, 1.82) is 0 Å². The molecule has 0 unspecified atom stereocenters. The van der Waals surface area contributed by atoms with Gasteiger partial charge in [-0.15, -0.1) is 0 Å². The Balaban J connectivity index is 3.23. The van der Waals surface area contributed by atoms with E-state index in [2.05, 4.69) is 0 Å². The van der Waals surface area contributed by atoms with E-state index in [1.165, 1.54) is 0 Å². The summed E-state index contributed by atoms with van der Waals surface area (Å²) in [5.41, 5.74) is 1.08. The molecule has 0 spiro atoms. The molecule has 0 saturated heterocycles. The molecule has 4 nitrogen and oxygen atoms in total. The maximum Gasteiger partial charge on any atom is 0.536 e. The van der Waals surface area contributed by atoms with Gasteiger partial charge in [-0.25, -0.2) is 0 Å². The number of ether oxygens (including phenoxy) is 1. The highest BCUT2D eigenvalue weighted by molar-refractivity contribution is 6.75. The van der Waals surface area contributed by atoms with Crippen LogP contribution in [0.25, 0.3) is 0 Å². The number of rotatable bonds is 5. The summed E-state index contributed by atoms with van der Waals surface area (Å²) in [6.07, 6.45) is 0. The van der Waals surface area contributed by atoms with Crippen molar-refractivity contribution in [1.82, 2.24) is 0 Å². The molecule has 0 fully saturated rings. The van der Waals surface area contributed by atoms with Crippen molar-refractivity contribution in [3.63, 3.8) is 0 Å². The fourth-order valence-electron chi connectivity index (χ4n) is 1.65. The van der Waals surface area contributed by atoms with Crippen LogP contribution in [0.3, 0.4) is 0 Å². The molecular formula is C11H18O4Si. The zero-order chi connectivity index (χ0) is 12.2. The van der Waals surface area contributed by atoms with Crippen LogP contribution in [0.15, 0.2) is 18.2 Å². The van der Waals surface area contributed by atoms with Crippen LogP contribution in [0.2, 0.25) is 0 Å². The molecule has 0 N–H and O–H groups in total. The molecule has 0 radical (unpaired) electrons. The first kappa shape index (κ1) is 13.2. The third-order valence-electron chi connectivity index (χ3n) is 2.45. The summed E-state index contributed by atoms with van der Waals surface area (Å²) < 4.78 is 21.5. The van der Waals surface area contributed by atoms with Crippen LogP contribution < -0.4 is 9.92 Å². The van der Waals surface area contributed by atoms with Crippen molar-refractivity contribution in [2.24, 2.45) is 0 Å². The van der Waals surface area contributed by atoms with Crippen molar-refractivity contribution >= 4 is 14.0 Å². The fourth-order valence-corrected chi connectivity index (χ4v) is 3.58. The van der Waals surface area contributed by atoms with Crippen molar-refractivity contribution in [3.05, 3.63) is 23.8 Å². The number of benzene rings is 1. The van der Waals surface area contributed by atoms with Crippen molar-refractivity contribution in [2.45, 2.75) is 6.92 Å². The van der Waals surface area contributed by atoms with Crippen LogP contribution in [0, 0.1) is 6.92 Å². The maximum atomic E-state index is 5.42. The molecule has 1 aromatic rings. The fraction of sp³-hybridized carbons (Fsp3) is 0.455. The van der Waals surface area contributed by atoms with E-state index in [1.54, 1.807) is 28.4 Å². The lowest BCUT2D eigenvalue weighted by Gasteiger charge is -2.25. The standard InChI is InChI=1S/C11H18O4Si/c1-9-6-10(12-2)8-11(7-9)16(13-3,14-4)15-5/h6-8H,1-5H3. The van der Waals surface area contributed by atoms with Crippen LogP contribution in [0.1, 0.15) is 5.56 Å². The third-order valence-corrected chi connectivity index (χ3v) is 5.05. The van der Waals surface area contributed by atoms with Crippen molar-refractivity contribution in [3.8, 4) is 5.75 Å². The molecule has 0 atom stereocenters. The Hall–Kier alpha value is -0.883. The minimum atomic E-state index is -2.75. The molecule has 5 heteroatoms. The minimum Gasteiger partial charge on any atom is -0.497 e. The van der Waals surface area contributed by atoms with Gasteiger partial charge >= 0.3 is 8.80 Å². The molecular weight excluding hydrogens is 224 g/mol. The molecule has 1 rings (SSSR count). The zero-order valence-corrected chi connectivity index (χ0v) is 11.4.